The van der Waals surface area contributed by atoms with Crippen molar-refractivity contribution < 1.29 is 9.59 Å². The van der Waals surface area contributed by atoms with E-state index in [1.165, 1.54) is 0 Å². The molecule has 136 valence electrons. The van der Waals surface area contributed by atoms with Gasteiger partial charge in [-0.15, -0.1) is 0 Å². The Morgan fingerprint density at radius 1 is 0.962 bits per heavy atom. The molecule has 2 aromatic carbocycles. The summed E-state index contributed by atoms with van der Waals surface area (Å²) in [5, 5.41) is 6.26. The van der Waals surface area contributed by atoms with Crippen LogP contribution in [0.15, 0.2) is 54.6 Å². The van der Waals surface area contributed by atoms with Gasteiger partial charge in [0.05, 0.1) is 0 Å². The average Bonchev–Trinajstić information content (AvgIpc) is 3.03. The Hall–Kier alpha value is -2.82. The van der Waals surface area contributed by atoms with Crippen LogP contribution in [-0.2, 0) is 9.59 Å². The summed E-state index contributed by atoms with van der Waals surface area (Å²) < 4.78 is 0. The molecule has 2 aromatic rings. The van der Waals surface area contributed by atoms with Gasteiger partial charge in [-0.25, -0.2) is 0 Å². The summed E-state index contributed by atoms with van der Waals surface area (Å²) in [7, 11) is 0. The van der Waals surface area contributed by atoms with Crippen molar-refractivity contribution in [1.82, 2.24) is 4.90 Å². The van der Waals surface area contributed by atoms with Gasteiger partial charge in [0.15, 0.2) is 0 Å². The van der Waals surface area contributed by atoms with Crippen molar-refractivity contribution >= 4 is 28.9 Å². The van der Waals surface area contributed by atoms with E-state index in [9.17, 15) is 9.59 Å². The van der Waals surface area contributed by atoms with Crippen molar-refractivity contribution in [2.45, 2.75) is 32.7 Å². The van der Waals surface area contributed by atoms with Gasteiger partial charge in [-0.3, -0.25) is 9.59 Å². The smallest absolute Gasteiger partial charge is 0.247 e. The Morgan fingerprint density at radius 2 is 1.58 bits per heavy atom. The number of anilines is 3. The lowest BCUT2D eigenvalue weighted by Crippen LogP contribution is -2.47. The second-order valence-electron chi connectivity index (χ2n) is 6.94. The highest BCUT2D eigenvalue weighted by atomic mass is 16.2. The van der Waals surface area contributed by atoms with Crippen molar-refractivity contribution in [3.63, 3.8) is 0 Å². The van der Waals surface area contributed by atoms with Crippen LogP contribution in [0.25, 0.3) is 0 Å². The minimum Gasteiger partial charge on any atom is -0.356 e. The van der Waals surface area contributed by atoms with Gasteiger partial charge in [0.25, 0.3) is 0 Å². The van der Waals surface area contributed by atoms with E-state index in [4.69, 9.17) is 0 Å². The zero-order valence-corrected chi connectivity index (χ0v) is 15.2. The number of nitrogens with zero attached hydrogens (tertiary/aromatic N) is 1. The SMILES string of the molecule is CC(C)[C@@H](C(=O)Nc1ccc(Nc2ccccc2)cc1)N1CCCC1=O. The van der Waals surface area contributed by atoms with Gasteiger partial charge < -0.3 is 15.5 Å². The van der Waals surface area contributed by atoms with Gasteiger partial charge in [-0.1, -0.05) is 32.0 Å². The molecule has 1 aliphatic rings. The summed E-state index contributed by atoms with van der Waals surface area (Å²) in [4.78, 5) is 26.5. The lowest BCUT2D eigenvalue weighted by molar-refractivity contribution is -0.136. The summed E-state index contributed by atoms with van der Waals surface area (Å²) in [5.41, 5.74) is 2.69. The van der Waals surface area contributed by atoms with Gasteiger partial charge >= 0.3 is 0 Å². The van der Waals surface area contributed by atoms with Crippen LogP contribution < -0.4 is 10.6 Å². The number of carbonyl (C=O) groups is 2. The first-order valence-electron chi connectivity index (χ1n) is 9.07. The van der Waals surface area contributed by atoms with Crippen LogP contribution in [0.4, 0.5) is 17.1 Å². The van der Waals surface area contributed by atoms with E-state index in [1.54, 1.807) is 4.90 Å². The number of nitrogens with one attached hydrogen (secondary N) is 2. The lowest BCUT2D eigenvalue weighted by Gasteiger charge is -2.29. The number of likely N-dealkylation sites (tertiary alicyclic amines) is 1. The van der Waals surface area contributed by atoms with Crippen molar-refractivity contribution in [2.24, 2.45) is 5.92 Å². The van der Waals surface area contributed by atoms with Crippen LogP contribution in [0.1, 0.15) is 26.7 Å². The predicted molar refractivity (Wildman–Crippen MR) is 104 cm³/mol. The average molecular weight is 351 g/mol. The monoisotopic (exact) mass is 351 g/mol. The standard InChI is InChI=1S/C21H25N3O2/c1-15(2)20(24-14-6-9-19(24)25)21(26)23-18-12-10-17(11-13-18)22-16-7-4-3-5-8-16/h3-5,7-8,10-13,15,20,22H,6,9,14H2,1-2H3,(H,23,26)/t20-/m0/s1. The fourth-order valence-electron chi connectivity index (χ4n) is 3.31. The Balaban J connectivity index is 1.65. The summed E-state index contributed by atoms with van der Waals surface area (Å²) in [6.07, 6.45) is 1.37. The summed E-state index contributed by atoms with van der Waals surface area (Å²) in [6.45, 7) is 4.61. The first-order valence-corrected chi connectivity index (χ1v) is 9.07. The molecule has 0 aromatic heterocycles. The number of benzene rings is 2. The zero-order chi connectivity index (χ0) is 18.5. The van der Waals surface area contributed by atoms with Crippen LogP contribution in [-0.4, -0.2) is 29.3 Å². The molecule has 26 heavy (non-hydrogen) atoms. The second kappa shape index (κ2) is 8.04. The van der Waals surface area contributed by atoms with Gasteiger partial charge in [-0.05, 0) is 48.7 Å². The maximum Gasteiger partial charge on any atom is 0.247 e. The van der Waals surface area contributed by atoms with Gasteiger partial charge in [0.2, 0.25) is 11.8 Å². The van der Waals surface area contributed by atoms with Crippen molar-refractivity contribution in [2.75, 3.05) is 17.2 Å². The van der Waals surface area contributed by atoms with E-state index in [0.717, 1.165) is 23.5 Å². The van der Waals surface area contributed by atoms with Crippen LogP contribution in [0.2, 0.25) is 0 Å². The highest BCUT2D eigenvalue weighted by Gasteiger charge is 2.34. The molecule has 1 saturated heterocycles. The minimum atomic E-state index is -0.424. The molecule has 3 rings (SSSR count). The number of hydrogen-bond acceptors (Lipinski definition) is 3. The molecule has 0 aliphatic carbocycles. The highest BCUT2D eigenvalue weighted by molar-refractivity contribution is 5.97. The van der Waals surface area contributed by atoms with E-state index in [0.29, 0.717) is 13.0 Å². The number of rotatable bonds is 6. The number of hydrogen-bond donors (Lipinski definition) is 2. The molecule has 1 heterocycles. The topological polar surface area (TPSA) is 61.4 Å². The number of para-hydroxylation sites is 1. The van der Waals surface area contributed by atoms with Crippen LogP contribution in [0.5, 0.6) is 0 Å². The molecule has 2 N–H and O–H groups in total. The third kappa shape index (κ3) is 4.23. The van der Waals surface area contributed by atoms with E-state index in [-0.39, 0.29) is 17.7 Å². The molecule has 0 spiro atoms. The van der Waals surface area contributed by atoms with E-state index in [1.807, 2.05) is 68.4 Å². The molecule has 5 nitrogen and oxygen atoms in total. The molecule has 0 saturated carbocycles. The number of carbonyl (C=O) groups excluding carboxylic acids is 2. The Bertz CT molecular complexity index is 757. The molecule has 1 fully saturated rings. The molecule has 1 aliphatic heterocycles. The van der Waals surface area contributed by atoms with Crippen LogP contribution >= 0.6 is 0 Å². The molecule has 5 heteroatoms. The number of amides is 2. The molecular weight excluding hydrogens is 326 g/mol. The summed E-state index contributed by atoms with van der Waals surface area (Å²) in [5.74, 6) is 0.0105. The Labute approximate surface area is 154 Å². The van der Waals surface area contributed by atoms with Gasteiger partial charge in [-0.2, -0.15) is 0 Å². The van der Waals surface area contributed by atoms with Crippen molar-refractivity contribution in [3.8, 4) is 0 Å². The quantitative estimate of drug-likeness (QED) is 0.826. The molecule has 0 bridgehead atoms. The molecule has 2 amide bonds. The molecule has 1 atom stereocenters. The maximum absolute atomic E-state index is 12.7. The minimum absolute atomic E-state index is 0.0658. The normalized spacial score (nSPS) is 15.2. The highest BCUT2D eigenvalue weighted by Crippen LogP contribution is 2.22. The fraction of sp³-hybridized carbons (Fsp3) is 0.333. The molecule has 0 radical (unpaired) electrons. The summed E-state index contributed by atoms with van der Waals surface area (Å²) >= 11 is 0. The van der Waals surface area contributed by atoms with Gasteiger partial charge in [0, 0.05) is 30.0 Å². The molecule has 0 unspecified atom stereocenters. The van der Waals surface area contributed by atoms with E-state index >= 15 is 0 Å². The predicted octanol–water partition coefficient (Wildman–Crippen LogP) is 4.02. The zero-order valence-electron chi connectivity index (χ0n) is 15.2. The third-order valence-corrected chi connectivity index (χ3v) is 4.56. The van der Waals surface area contributed by atoms with E-state index in [2.05, 4.69) is 10.6 Å². The third-order valence-electron chi connectivity index (χ3n) is 4.56. The molecular formula is C21H25N3O2. The first-order chi connectivity index (χ1) is 12.5. The lowest BCUT2D eigenvalue weighted by atomic mass is 10.0. The van der Waals surface area contributed by atoms with Crippen LogP contribution in [0, 0.1) is 5.92 Å². The fourth-order valence-corrected chi connectivity index (χ4v) is 3.31. The largest absolute Gasteiger partial charge is 0.356 e. The van der Waals surface area contributed by atoms with Crippen molar-refractivity contribution in [1.29, 1.82) is 0 Å². The van der Waals surface area contributed by atoms with Crippen molar-refractivity contribution in [3.05, 3.63) is 54.6 Å². The first kappa shape index (κ1) is 18.0. The van der Waals surface area contributed by atoms with Crippen LogP contribution in [0.3, 0.4) is 0 Å². The Morgan fingerprint density at radius 3 is 2.15 bits per heavy atom. The van der Waals surface area contributed by atoms with Gasteiger partial charge in [0.1, 0.15) is 6.04 Å². The summed E-state index contributed by atoms with van der Waals surface area (Å²) in [6, 6.07) is 17.1. The van der Waals surface area contributed by atoms with E-state index < -0.39 is 6.04 Å². The maximum atomic E-state index is 12.7. The second-order valence-corrected chi connectivity index (χ2v) is 6.94. The Kier molecular flexibility index (Phi) is 5.56.